The minimum Gasteiger partial charge on any atom is -0.423 e. The fourth-order valence-corrected chi connectivity index (χ4v) is 2.33. The van der Waals surface area contributed by atoms with Crippen LogP contribution in [0.25, 0.3) is 11.2 Å². The Labute approximate surface area is 120 Å². The first-order valence-electron chi connectivity index (χ1n) is 6.56. The van der Waals surface area contributed by atoms with Gasteiger partial charge in [0.15, 0.2) is 5.65 Å². The molecular weight excluding hydrogens is 269 g/mol. The average molecular weight is 283 g/mol. The molecule has 0 atom stereocenters. The molecule has 6 nitrogen and oxygen atoms in total. The third-order valence-corrected chi connectivity index (χ3v) is 3.45. The molecule has 21 heavy (non-hydrogen) atoms. The molecule has 3 N–H and O–H groups in total. The van der Waals surface area contributed by atoms with Crippen LogP contribution in [0.5, 0.6) is 0 Å². The molecule has 0 radical (unpaired) electrons. The van der Waals surface area contributed by atoms with Crippen molar-refractivity contribution in [2.24, 2.45) is 0 Å². The highest BCUT2D eigenvalue weighted by Gasteiger charge is 2.11. The Kier molecular flexibility index (Phi) is 3.36. The summed E-state index contributed by atoms with van der Waals surface area (Å²) in [4.78, 5) is 18.4. The monoisotopic (exact) mass is 283 g/mol. The second kappa shape index (κ2) is 5.19. The normalized spacial score (nSPS) is 11.0. The fraction of sp³-hybridized carbons (Fsp3) is 0.143. The lowest BCUT2D eigenvalue weighted by molar-refractivity contribution is 0.426. The number of nitrogens with zero attached hydrogens (tertiary/aromatic N) is 2. The Hall–Kier alpha value is -2.38. The molecule has 0 spiro atoms. The minimum absolute atomic E-state index is 0.173. The summed E-state index contributed by atoms with van der Waals surface area (Å²) >= 11 is 0. The van der Waals surface area contributed by atoms with Crippen LogP contribution >= 0.6 is 0 Å². The zero-order chi connectivity index (χ0) is 15.0. The van der Waals surface area contributed by atoms with Gasteiger partial charge in [-0.1, -0.05) is 24.3 Å². The lowest BCUT2D eigenvalue weighted by Crippen LogP contribution is -2.29. The summed E-state index contributed by atoms with van der Waals surface area (Å²) in [6.07, 6.45) is 0. The number of H-pyrrole nitrogens is 1. The summed E-state index contributed by atoms with van der Waals surface area (Å²) < 4.78 is 2.00. The number of nitrogens with one attached hydrogen (secondary N) is 1. The number of hydrogen-bond donors (Lipinski definition) is 3. The summed E-state index contributed by atoms with van der Waals surface area (Å²) in [5.41, 5.74) is 2.72. The third kappa shape index (κ3) is 2.61. The van der Waals surface area contributed by atoms with Crippen LogP contribution in [0.4, 0.5) is 0 Å². The number of pyridine rings is 1. The van der Waals surface area contributed by atoms with Gasteiger partial charge in [0.1, 0.15) is 5.82 Å². The number of aromatic amines is 1. The lowest BCUT2D eigenvalue weighted by Gasteiger charge is -2.08. The number of hydrogen-bond acceptors (Lipinski definition) is 4. The van der Waals surface area contributed by atoms with Crippen molar-refractivity contribution in [3.8, 4) is 0 Å². The van der Waals surface area contributed by atoms with Crippen LogP contribution < -0.4 is 11.0 Å². The van der Waals surface area contributed by atoms with Crippen molar-refractivity contribution in [2.75, 3.05) is 0 Å². The van der Waals surface area contributed by atoms with Crippen molar-refractivity contribution in [3.05, 3.63) is 58.1 Å². The molecule has 0 aliphatic heterocycles. The third-order valence-electron chi connectivity index (χ3n) is 3.45. The molecule has 7 heteroatoms. The van der Waals surface area contributed by atoms with E-state index in [1.54, 1.807) is 18.2 Å². The highest BCUT2D eigenvalue weighted by atomic mass is 16.4. The molecule has 0 aliphatic carbocycles. The van der Waals surface area contributed by atoms with E-state index in [1.165, 1.54) is 6.07 Å². The van der Waals surface area contributed by atoms with Gasteiger partial charge in [0.05, 0.1) is 5.52 Å². The van der Waals surface area contributed by atoms with Gasteiger partial charge in [0.2, 0.25) is 5.56 Å². The first-order valence-corrected chi connectivity index (χ1v) is 6.56. The second-order valence-electron chi connectivity index (χ2n) is 4.92. The second-order valence-corrected chi connectivity index (χ2v) is 4.92. The first-order chi connectivity index (χ1) is 10.0. The van der Waals surface area contributed by atoms with Crippen molar-refractivity contribution in [2.45, 2.75) is 13.5 Å². The van der Waals surface area contributed by atoms with Gasteiger partial charge in [-0.25, -0.2) is 4.98 Å². The van der Waals surface area contributed by atoms with Crippen LogP contribution in [-0.4, -0.2) is 31.7 Å². The topological polar surface area (TPSA) is 91.1 Å². The molecule has 0 saturated heterocycles. The summed E-state index contributed by atoms with van der Waals surface area (Å²) in [5.74, 6) is 0.804. The molecule has 1 aromatic carbocycles. The number of rotatable bonds is 3. The van der Waals surface area contributed by atoms with Crippen LogP contribution in [0.2, 0.25) is 0 Å². The molecule has 0 amide bonds. The van der Waals surface area contributed by atoms with Crippen LogP contribution in [-0.2, 0) is 6.54 Å². The van der Waals surface area contributed by atoms with E-state index < -0.39 is 7.12 Å². The quantitative estimate of drug-likeness (QED) is 0.579. The van der Waals surface area contributed by atoms with Gasteiger partial charge in [-0.3, -0.25) is 4.79 Å². The smallest absolute Gasteiger partial charge is 0.423 e. The van der Waals surface area contributed by atoms with Gasteiger partial charge in [-0.05, 0) is 24.0 Å². The van der Waals surface area contributed by atoms with Crippen LogP contribution in [0.3, 0.4) is 0 Å². The molecule has 106 valence electrons. The largest absolute Gasteiger partial charge is 0.488 e. The predicted octanol–water partition coefficient (Wildman–Crippen LogP) is -0.239. The summed E-state index contributed by atoms with van der Waals surface area (Å²) in [7, 11) is -1.46. The van der Waals surface area contributed by atoms with E-state index in [9.17, 15) is 4.79 Å². The van der Waals surface area contributed by atoms with Crippen molar-refractivity contribution in [1.82, 2.24) is 14.5 Å². The van der Waals surface area contributed by atoms with E-state index >= 15 is 0 Å². The van der Waals surface area contributed by atoms with Crippen molar-refractivity contribution in [3.63, 3.8) is 0 Å². The predicted molar refractivity (Wildman–Crippen MR) is 80.5 cm³/mol. The summed E-state index contributed by atoms with van der Waals surface area (Å²) in [6.45, 7) is 2.47. The molecule has 0 fully saturated rings. The SMILES string of the molecule is Cc1nc2[nH]c(=O)ccc2n1Cc1ccc(B(O)O)cc1. The lowest BCUT2D eigenvalue weighted by atomic mass is 9.80. The van der Waals surface area contributed by atoms with Gasteiger partial charge in [0, 0.05) is 12.6 Å². The molecule has 0 aliphatic rings. The van der Waals surface area contributed by atoms with Crippen molar-refractivity contribution >= 4 is 23.7 Å². The maximum Gasteiger partial charge on any atom is 0.488 e. The number of benzene rings is 1. The number of aryl methyl sites for hydroxylation is 1. The Morgan fingerprint density at radius 1 is 1.19 bits per heavy atom. The highest BCUT2D eigenvalue weighted by molar-refractivity contribution is 6.58. The number of imidazole rings is 1. The molecular formula is C14H14BN3O3. The standard InChI is InChI=1S/C14H14BN3O3/c1-9-16-14-12(6-7-13(19)17-14)18(9)8-10-2-4-11(5-3-10)15(20)21/h2-7,20-21H,8H2,1H3,(H,17,19). The molecule has 3 rings (SSSR count). The minimum atomic E-state index is -1.46. The van der Waals surface area contributed by atoms with E-state index in [0.29, 0.717) is 17.7 Å². The number of fused-ring (bicyclic) bond motifs is 1. The van der Waals surface area contributed by atoms with Gasteiger partial charge in [0.25, 0.3) is 0 Å². The van der Waals surface area contributed by atoms with E-state index in [2.05, 4.69) is 9.97 Å². The maximum atomic E-state index is 11.3. The Morgan fingerprint density at radius 3 is 2.57 bits per heavy atom. The molecule has 2 heterocycles. The Balaban J connectivity index is 1.97. The summed E-state index contributed by atoms with van der Waals surface area (Å²) in [6, 6.07) is 10.3. The molecule has 0 unspecified atom stereocenters. The van der Waals surface area contributed by atoms with Crippen LogP contribution in [0.15, 0.2) is 41.2 Å². The Bertz CT molecular complexity index is 837. The van der Waals surface area contributed by atoms with Gasteiger partial charge < -0.3 is 19.6 Å². The molecule has 2 aromatic heterocycles. The van der Waals surface area contributed by atoms with E-state index in [-0.39, 0.29) is 5.56 Å². The molecule has 0 saturated carbocycles. The average Bonchev–Trinajstić information content (AvgIpc) is 2.75. The first kappa shape index (κ1) is 13.6. The van der Waals surface area contributed by atoms with Crippen LogP contribution in [0, 0.1) is 6.92 Å². The highest BCUT2D eigenvalue weighted by Crippen LogP contribution is 2.14. The van der Waals surface area contributed by atoms with Crippen LogP contribution in [0.1, 0.15) is 11.4 Å². The van der Waals surface area contributed by atoms with E-state index in [4.69, 9.17) is 10.0 Å². The van der Waals surface area contributed by atoms with E-state index in [0.717, 1.165) is 16.9 Å². The molecule has 0 bridgehead atoms. The number of aromatic nitrogens is 3. The molecule has 3 aromatic rings. The Morgan fingerprint density at radius 2 is 1.90 bits per heavy atom. The van der Waals surface area contributed by atoms with Gasteiger partial charge >= 0.3 is 7.12 Å². The van der Waals surface area contributed by atoms with Crippen molar-refractivity contribution in [1.29, 1.82) is 0 Å². The zero-order valence-electron chi connectivity index (χ0n) is 11.4. The summed E-state index contributed by atoms with van der Waals surface area (Å²) in [5, 5.41) is 18.2. The zero-order valence-corrected chi connectivity index (χ0v) is 11.4. The van der Waals surface area contributed by atoms with Gasteiger partial charge in [-0.15, -0.1) is 0 Å². The maximum absolute atomic E-state index is 11.3. The van der Waals surface area contributed by atoms with Crippen molar-refractivity contribution < 1.29 is 10.0 Å². The van der Waals surface area contributed by atoms with E-state index in [1.807, 2.05) is 23.6 Å². The van der Waals surface area contributed by atoms with Gasteiger partial charge in [-0.2, -0.15) is 0 Å². The fourth-order valence-electron chi connectivity index (χ4n) is 2.33.